The van der Waals surface area contributed by atoms with Crippen molar-refractivity contribution in [3.05, 3.63) is 77.9 Å². The molecule has 1 fully saturated rings. The van der Waals surface area contributed by atoms with E-state index >= 15 is 0 Å². The quantitative estimate of drug-likeness (QED) is 0.737. The SMILES string of the molecule is O=C(O)c1ccc(C2CCCN(C(=O)c3cnc(-c4cccnc4)nc3)C2)cc1. The molecule has 1 atom stereocenters. The zero-order valence-corrected chi connectivity index (χ0v) is 15.7. The third kappa shape index (κ3) is 4.13. The van der Waals surface area contributed by atoms with E-state index < -0.39 is 5.97 Å². The molecule has 0 bridgehead atoms. The summed E-state index contributed by atoms with van der Waals surface area (Å²) in [6.45, 7) is 1.28. The Morgan fingerprint density at radius 2 is 1.76 bits per heavy atom. The second kappa shape index (κ2) is 8.18. The number of benzene rings is 1. The number of amides is 1. The smallest absolute Gasteiger partial charge is 0.335 e. The molecule has 1 amide bonds. The van der Waals surface area contributed by atoms with Crippen LogP contribution in [0.4, 0.5) is 0 Å². The van der Waals surface area contributed by atoms with E-state index in [0.29, 0.717) is 24.5 Å². The van der Waals surface area contributed by atoms with Crippen LogP contribution < -0.4 is 0 Å². The van der Waals surface area contributed by atoms with Crippen molar-refractivity contribution in [1.82, 2.24) is 19.9 Å². The van der Waals surface area contributed by atoms with E-state index in [2.05, 4.69) is 15.0 Å². The molecule has 0 spiro atoms. The topological polar surface area (TPSA) is 96.3 Å². The third-order valence-corrected chi connectivity index (χ3v) is 5.16. The number of aromatic nitrogens is 3. The predicted molar refractivity (Wildman–Crippen MR) is 107 cm³/mol. The molecule has 2 aromatic heterocycles. The first kappa shape index (κ1) is 18.7. The van der Waals surface area contributed by atoms with E-state index in [0.717, 1.165) is 24.0 Å². The highest BCUT2D eigenvalue weighted by Gasteiger charge is 2.26. The fourth-order valence-corrected chi connectivity index (χ4v) is 3.60. The van der Waals surface area contributed by atoms with Crippen LogP contribution >= 0.6 is 0 Å². The Morgan fingerprint density at radius 3 is 2.41 bits per heavy atom. The van der Waals surface area contributed by atoms with Gasteiger partial charge in [0.05, 0.1) is 11.1 Å². The molecule has 146 valence electrons. The first-order chi connectivity index (χ1) is 14.1. The predicted octanol–water partition coefficient (Wildman–Crippen LogP) is 3.26. The lowest BCUT2D eigenvalue weighted by Crippen LogP contribution is -2.39. The Morgan fingerprint density at radius 1 is 1.00 bits per heavy atom. The maximum absolute atomic E-state index is 12.9. The minimum atomic E-state index is -0.938. The molecule has 0 radical (unpaired) electrons. The number of carbonyl (C=O) groups excluding carboxylic acids is 1. The van der Waals surface area contributed by atoms with Gasteiger partial charge in [0, 0.05) is 49.4 Å². The average Bonchev–Trinajstić information content (AvgIpc) is 2.79. The van der Waals surface area contributed by atoms with E-state index in [-0.39, 0.29) is 17.4 Å². The van der Waals surface area contributed by atoms with Crippen LogP contribution in [0.15, 0.2) is 61.2 Å². The van der Waals surface area contributed by atoms with Gasteiger partial charge in [0.25, 0.3) is 5.91 Å². The van der Waals surface area contributed by atoms with Gasteiger partial charge in [0.15, 0.2) is 5.82 Å². The summed E-state index contributed by atoms with van der Waals surface area (Å²) in [6, 6.07) is 10.6. The second-order valence-electron chi connectivity index (χ2n) is 7.05. The molecular weight excluding hydrogens is 368 g/mol. The highest BCUT2D eigenvalue weighted by molar-refractivity contribution is 5.94. The minimum Gasteiger partial charge on any atom is -0.478 e. The normalized spacial score (nSPS) is 16.4. The molecule has 29 heavy (non-hydrogen) atoms. The van der Waals surface area contributed by atoms with Crippen LogP contribution in [0.1, 0.15) is 45.0 Å². The number of hydrogen-bond acceptors (Lipinski definition) is 5. The molecule has 3 aromatic rings. The molecule has 3 heterocycles. The molecule has 7 nitrogen and oxygen atoms in total. The fourth-order valence-electron chi connectivity index (χ4n) is 3.60. The molecule has 1 aliphatic rings. The Kier molecular flexibility index (Phi) is 5.29. The van der Waals surface area contributed by atoms with Gasteiger partial charge in [-0.25, -0.2) is 14.8 Å². The summed E-state index contributed by atoms with van der Waals surface area (Å²) < 4.78 is 0. The summed E-state index contributed by atoms with van der Waals surface area (Å²) in [4.78, 5) is 38.5. The van der Waals surface area contributed by atoms with Crippen molar-refractivity contribution in [2.45, 2.75) is 18.8 Å². The molecule has 4 rings (SSSR count). The van der Waals surface area contributed by atoms with Crippen LogP contribution in [-0.2, 0) is 0 Å². The lowest BCUT2D eigenvalue weighted by molar-refractivity contribution is 0.0693. The highest BCUT2D eigenvalue weighted by Crippen LogP contribution is 2.28. The number of rotatable bonds is 4. The number of pyridine rings is 1. The number of likely N-dealkylation sites (tertiary alicyclic amines) is 1. The molecule has 0 aliphatic carbocycles. The molecule has 0 saturated carbocycles. The van der Waals surface area contributed by atoms with Crippen molar-refractivity contribution >= 4 is 11.9 Å². The zero-order chi connectivity index (χ0) is 20.2. The Labute approximate surface area is 168 Å². The number of aromatic carboxylic acids is 1. The number of hydrogen-bond donors (Lipinski definition) is 1. The lowest BCUT2D eigenvalue weighted by atomic mass is 9.90. The monoisotopic (exact) mass is 388 g/mol. The van der Waals surface area contributed by atoms with E-state index in [9.17, 15) is 9.59 Å². The van der Waals surface area contributed by atoms with Crippen molar-refractivity contribution < 1.29 is 14.7 Å². The van der Waals surface area contributed by atoms with Gasteiger partial charge in [-0.15, -0.1) is 0 Å². The summed E-state index contributed by atoms with van der Waals surface area (Å²) in [7, 11) is 0. The van der Waals surface area contributed by atoms with Crippen LogP contribution in [0.2, 0.25) is 0 Å². The summed E-state index contributed by atoms with van der Waals surface area (Å²) >= 11 is 0. The molecule has 7 heteroatoms. The van der Waals surface area contributed by atoms with Gasteiger partial charge in [-0.1, -0.05) is 12.1 Å². The van der Waals surface area contributed by atoms with Crippen molar-refractivity contribution in [3.63, 3.8) is 0 Å². The van der Waals surface area contributed by atoms with Gasteiger partial charge in [-0.3, -0.25) is 9.78 Å². The Bertz CT molecular complexity index is 1000. The molecular formula is C22H20N4O3. The summed E-state index contributed by atoms with van der Waals surface area (Å²) in [5, 5.41) is 9.05. The first-order valence-corrected chi connectivity index (χ1v) is 9.47. The van der Waals surface area contributed by atoms with Crippen LogP contribution in [-0.4, -0.2) is 49.9 Å². The summed E-state index contributed by atoms with van der Waals surface area (Å²) in [5.74, 6) is -0.308. The summed E-state index contributed by atoms with van der Waals surface area (Å²) in [5.41, 5.74) is 2.58. The van der Waals surface area contributed by atoms with Crippen molar-refractivity contribution in [2.24, 2.45) is 0 Å². The van der Waals surface area contributed by atoms with Crippen molar-refractivity contribution in [2.75, 3.05) is 13.1 Å². The molecule has 1 N–H and O–H groups in total. The van der Waals surface area contributed by atoms with Crippen LogP contribution in [0.25, 0.3) is 11.4 Å². The maximum Gasteiger partial charge on any atom is 0.335 e. The fraction of sp³-hybridized carbons (Fsp3) is 0.227. The van der Waals surface area contributed by atoms with E-state index in [1.807, 2.05) is 29.2 Å². The largest absolute Gasteiger partial charge is 0.478 e. The van der Waals surface area contributed by atoms with Gasteiger partial charge < -0.3 is 10.0 Å². The van der Waals surface area contributed by atoms with Gasteiger partial charge in [-0.05, 0) is 42.7 Å². The highest BCUT2D eigenvalue weighted by atomic mass is 16.4. The van der Waals surface area contributed by atoms with Crippen molar-refractivity contribution in [3.8, 4) is 11.4 Å². The summed E-state index contributed by atoms with van der Waals surface area (Å²) in [6.07, 6.45) is 8.34. The van der Waals surface area contributed by atoms with Crippen LogP contribution in [0.3, 0.4) is 0 Å². The number of piperidine rings is 1. The van der Waals surface area contributed by atoms with E-state index in [1.165, 1.54) is 0 Å². The minimum absolute atomic E-state index is 0.0883. The second-order valence-corrected chi connectivity index (χ2v) is 7.05. The zero-order valence-electron chi connectivity index (χ0n) is 15.7. The molecule has 1 saturated heterocycles. The third-order valence-electron chi connectivity index (χ3n) is 5.16. The van der Waals surface area contributed by atoms with Gasteiger partial charge >= 0.3 is 5.97 Å². The van der Waals surface area contributed by atoms with E-state index in [1.54, 1.807) is 36.9 Å². The van der Waals surface area contributed by atoms with Crippen LogP contribution in [0, 0.1) is 0 Å². The maximum atomic E-state index is 12.9. The van der Waals surface area contributed by atoms with Crippen molar-refractivity contribution in [1.29, 1.82) is 0 Å². The number of carbonyl (C=O) groups is 2. The number of nitrogens with zero attached hydrogens (tertiary/aromatic N) is 4. The van der Waals surface area contributed by atoms with Gasteiger partial charge in [0.1, 0.15) is 0 Å². The Balaban J connectivity index is 1.46. The standard InChI is InChI=1S/C22H20N4O3/c27-21(19-12-24-20(25-13-19)17-3-1-9-23-11-17)26-10-2-4-18(14-26)15-5-7-16(8-6-15)22(28)29/h1,3,5-9,11-13,18H,2,4,10,14H2,(H,28,29). The average molecular weight is 388 g/mol. The van der Waals surface area contributed by atoms with Gasteiger partial charge in [-0.2, -0.15) is 0 Å². The lowest BCUT2D eigenvalue weighted by Gasteiger charge is -2.33. The van der Waals surface area contributed by atoms with Crippen LogP contribution in [0.5, 0.6) is 0 Å². The first-order valence-electron chi connectivity index (χ1n) is 9.47. The van der Waals surface area contributed by atoms with E-state index in [4.69, 9.17) is 5.11 Å². The molecule has 1 unspecified atom stereocenters. The molecule has 1 aromatic carbocycles. The van der Waals surface area contributed by atoms with Gasteiger partial charge in [0.2, 0.25) is 0 Å². The Hall–Kier alpha value is -3.61. The number of carboxylic acid groups (broad SMARTS) is 1. The number of carboxylic acids is 1. The molecule has 1 aliphatic heterocycles.